The van der Waals surface area contributed by atoms with E-state index in [1.165, 1.54) is 16.8 Å². The third kappa shape index (κ3) is 4.80. The van der Waals surface area contributed by atoms with Gasteiger partial charge in [-0.3, -0.25) is 9.88 Å². The van der Waals surface area contributed by atoms with Gasteiger partial charge in [-0.05, 0) is 69.0 Å². The number of likely N-dealkylation sites (tertiary alicyclic amines) is 1. The second-order valence-corrected chi connectivity index (χ2v) is 7.11. The molecule has 1 saturated heterocycles. The van der Waals surface area contributed by atoms with Gasteiger partial charge in [0.2, 0.25) is 0 Å². The predicted octanol–water partition coefficient (Wildman–Crippen LogP) is 3.51. The van der Waals surface area contributed by atoms with E-state index in [9.17, 15) is 5.11 Å². The molecular formula is C21H29N3O. The molecule has 4 nitrogen and oxygen atoms in total. The summed E-state index contributed by atoms with van der Waals surface area (Å²) in [6.07, 6.45) is 2.20. The number of rotatable bonds is 6. The number of aliphatic hydroxyl groups is 1. The standard InChI is InChI=1S/C21H29N3O/c1-16-7-8-19(17(2)23-16)13-22-21-6-4-3-5-20(21)14-24-11-9-18(15-25)10-12-24/h3-8,18,22,25H,9-15H2,1-2H3. The second kappa shape index (κ2) is 8.45. The predicted molar refractivity (Wildman–Crippen MR) is 103 cm³/mol. The summed E-state index contributed by atoms with van der Waals surface area (Å²) in [4.78, 5) is 7.04. The summed E-state index contributed by atoms with van der Waals surface area (Å²) in [5.41, 5.74) is 5.93. The van der Waals surface area contributed by atoms with Gasteiger partial charge in [0.25, 0.3) is 0 Å². The molecule has 1 fully saturated rings. The lowest BCUT2D eigenvalue weighted by Crippen LogP contribution is -2.34. The Labute approximate surface area is 150 Å². The molecule has 1 aromatic heterocycles. The van der Waals surface area contributed by atoms with Crippen LogP contribution in [0.15, 0.2) is 36.4 Å². The second-order valence-electron chi connectivity index (χ2n) is 7.11. The first-order valence-corrected chi connectivity index (χ1v) is 9.24. The molecule has 0 bridgehead atoms. The van der Waals surface area contributed by atoms with Crippen LogP contribution in [0.1, 0.15) is 35.4 Å². The molecule has 4 heteroatoms. The molecule has 2 heterocycles. The largest absolute Gasteiger partial charge is 0.396 e. The minimum atomic E-state index is 0.329. The van der Waals surface area contributed by atoms with Crippen molar-refractivity contribution in [3.63, 3.8) is 0 Å². The van der Waals surface area contributed by atoms with Crippen LogP contribution in [-0.2, 0) is 13.1 Å². The summed E-state index contributed by atoms with van der Waals surface area (Å²) in [5.74, 6) is 0.488. The van der Waals surface area contributed by atoms with Crippen LogP contribution in [0.2, 0.25) is 0 Å². The van der Waals surface area contributed by atoms with Gasteiger partial charge < -0.3 is 10.4 Å². The highest BCUT2D eigenvalue weighted by Crippen LogP contribution is 2.22. The first kappa shape index (κ1) is 17.9. The lowest BCUT2D eigenvalue weighted by atomic mass is 9.97. The molecule has 0 saturated carbocycles. The number of nitrogens with zero attached hydrogens (tertiary/aromatic N) is 2. The first-order valence-electron chi connectivity index (χ1n) is 9.24. The van der Waals surface area contributed by atoms with E-state index in [0.29, 0.717) is 12.5 Å². The van der Waals surface area contributed by atoms with Crippen molar-refractivity contribution in [3.8, 4) is 0 Å². The maximum atomic E-state index is 9.30. The Hall–Kier alpha value is -1.91. The van der Waals surface area contributed by atoms with Crippen molar-refractivity contribution in [1.82, 2.24) is 9.88 Å². The summed E-state index contributed by atoms with van der Waals surface area (Å²) in [6, 6.07) is 12.8. The van der Waals surface area contributed by atoms with Crippen LogP contribution >= 0.6 is 0 Å². The average molecular weight is 339 g/mol. The Morgan fingerprint density at radius 2 is 1.84 bits per heavy atom. The number of piperidine rings is 1. The zero-order valence-corrected chi connectivity index (χ0v) is 15.3. The maximum absolute atomic E-state index is 9.30. The fourth-order valence-electron chi connectivity index (χ4n) is 3.49. The van der Waals surface area contributed by atoms with Crippen molar-refractivity contribution in [2.24, 2.45) is 5.92 Å². The Morgan fingerprint density at radius 3 is 2.56 bits per heavy atom. The molecule has 1 aliphatic rings. The highest BCUT2D eigenvalue weighted by molar-refractivity contribution is 5.51. The van der Waals surface area contributed by atoms with Crippen molar-refractivity contribution in [2.45, 2.75) is 39.8 Å². The van der Waals surface area contributed by atoms with Gasteiger partial charge in [0.1, 0.15) is 0 Å². The Morgan fingerprint density at radius 1 is 1.08 bits per heavy atom. The number of pyridine rings is 1. The van der Waals surface area contributed by atoms with E-state index in [4.69, 9.17) is 0 Å². The van der Waals surface area contributed by atoms with Gasteiger partial charge in [-0.2, -0.15) is 0 Å². The molecular weight excluding hydrogens is 310 g/mol. The Kier molecular flexibility index (Phi) is 6.05. The van der Waals surface area contributed by atoms with Crippen molar-refractivity contribution in [3.05, 3.63) is 58.9 Å². The van der Waals surface area contributed by atoms with E-state index in [1.807, 2.05) is 6.92 Å². The lowest BCUT2D eigenvalue weighted by Gasteiger charge is -2.31. The number of aryl methyl sites for hydroxylation is 2. The fourth-order valence-corrected chi connectivity index (χ4v) is 3.49. The van der Waals surface area contributed by atoms with Gasteiger partial charge >= 0.3 is 0 Å². The summed E-state index contributed by atoms with van der Waals surface area (Å²) in [5, 5.41) is 12.9. The first-order chi connectivity index (χ1) is 12.2. The van der Waals surface area contributed by atoms with Crippen LogP contribution in [0.4, 0.5) is 5.69 Å². The van der Waals surface area contributed by atoms with Gasteiger partial charge in [-0.15, -0.1) is 0 Å². The van der Waals surface area contributed by atoms with E-state index < -0.39 is 0 Å². The average Bonchev–Trinajstić information content (AvgIpc) is 2.63. The van der Waals surface area contributed by atoms with E-state index in [-0.39, 0.29) is 0 Å². The van der Waals surface area contributed by atoms with Gasteiger partial charge in [-0.1, -0.05) is 24.3 Å². The Balaban J connectivity index is 1.63. The summed E-state index contributed by atoms with van der Waals surface area (Å²) in [7, 11) is 0. The normalized spacial score (nSPS) is 16.1. The number of hydrogen-bond donors (Lipinski definition) is 2. The van der Waals surface area contributed by atoms with Crippen molar-refractivity contribution < 1.29 is 5.11 Å². The third-order valence-electron chi connectivity index (χ3n) is 5.18. The molecule has 0 atom stereocenters. The molecule has 0 unspecified atom stereocenters. The minimum absolute atomic E-state index is 0.329. The molecule has 1 aliphatic heterocycles. The van der Waals surface area contributed by atoms with E-state index in [2.05, 4.69) is 58.5 Å². The summed E-state index contributed by atoms with van der Waals surface area (Å²) < 4.78 is 0. The minimum Gasteiger partial charge on any atom is -0.396 e. The van der Waals surface area contributed by atoms with Crippen LogP contribution in [0.5, 0.6) is 0 Å². The number of benzene rings is 1. The molecule has 2 N–H and O–H groups in total. The van der Waals surface area contributed by atoms with E-state index in [1.54, 1.807) is 0 Å². The van der Waals surface area contributed by atoms with E-state index >= 15 is 0 Å². The summed E-state index contributed by atoms with van der Waals surface area (Å²) >= 11 is 0. The molecule has 2 aromatic rings. The van der Waals surface area contributed by atoms with Crippen LogP contribution < -0.4 is 5.32 Å². The SMILES string of the molecule is Cc1ccc(CNc2ccccc2CN2CCC(CO)CC2)c(C)n1. The monoisotopic (exact) mass is 339 g/mol. The number of aromatic nitrogens is 1. The van der Waals surface area contributed by atoms with Crippen molar-refractivity contribution >= 4 is 5.69 Å². The van der Waals surface area contributed by atoms with Gasteiger partial charge in [0.05, 0.1) is 0 Å². The van der Waals surface area contributed by atoms with Gasteiger partial charge in [0, 0.05) is 36.8 Å². The summed E-state index contributed by atoms with van der Waals surface area (Å²) in [6.45, 7) is 8.33. The smallest absolute Gasteiger partial charge is 0.0460 e. The highest BCUT2D eigenvalue weighted by Gasteiger charge is 2.19. The molecule has 1 aromatic carbocycles. The maximum Gasteiger partial charge on any atom is 0.0460 e. The highest BCUT2D eigenvalue weighted by atomic mass is 16.3. The number of para-hydroxylation sites is 1. The fraction of sp³-hybridized carbons (Fsp3) is 0.476. The van der Waals surface area contributed by atoms with Crippen molar-refractivity contribution in [1.29, 1.82) is 0 Å². The van der Waals surface area contributed by atoms with Crippen LogP contribution in [0.3, 0.4) is 0 Å². The Bertz CT molecular complexity index is 693. The molecule has 0 amide bonds. The van der Waals surface area contributed by atoms with Crippen LogP contribution in [0, 0.1) is 19.8 Å². The molecule has 3 rings (SSSR count). The molecule has 0 spiro atoms. The molecule has 0 radical (unpaired) electrons. The lowest BCUT2D eigenvalue weighted by molar-refractivity contribution is 0.127. The zero-order chi connectivity index (χ0) is 17.6. The van der Waals surface area contributed by atoms with Gasteiger partial charge in [0.15, 0.2) is 0 Å². The van der Waals surface area contributed by atoms with Crippen molar-refractivity contribution in [2.75, 3.05) is 25.0 Å². The van der Waals surface area contributed by atoms with E-state index in [0.717, 1.165) is 50.4 Å². The number of hydrogen-bond acceptors (Lipinski definition) is 4. The number of nitrogens with one attached hydrogen (secondary N) is 1. The molecule has 25 heavy (non-hydrogen) atoms. The van der Waals surface area contributed by atoms with Gasteiger partial charge in [-0.25, -0.2) is 0 Å². The third-order valence-corrected chi connectivity index (χ3v) is 5.18. The quantitative estimate of drug-likeness (QED) is 0.845. The number of anilines is 1. The zero-order valence-electron chi connectivity index (χ0n) is 15.3. The van der Waals surface area contributed by atoms with Crippen LogP contribution in [-0.4, -0.2) is 34.7 Å². The number of aliphatic hydroxyl groups excluding tert-OH is 1. The molecule has 134 valence electrons. The topological polar surface area (TPSA) is 48.4 Å². The van der Waals surface area contributed by atoms with Crippen LogP contribution in [0.25, 0.3) is 0 Å². The molecule has 0 aliphatic carbocycles.